The maximum atomic E-state index is 12.0. The molecule has 90 valence electrons. The van der Waals surface area contributed by atoms with Gasteiger partial charge >= 0.3 is 0 Å². The van der Waals surface area contributed by atoms with Gasteiger partial charge in [0.1, 0.15) is 11.5 Å². The average molecular weight is 235 g/mol. The molecule has 0 saturated carbocycles. The molecule has 0 radical (unpaired) electrons. The van der Waals surface area contributed by atoms with Crippen molar-refractivity contribution in [1.29, 1.82) is 0 Å². The second-order valence-corrected chi connectivity index (χ2v) is 7.20. The van der Waals surface area contributed by atoms with Crippen molar-refractivity contribution in [2.24, 2.45) is 5.92 Å². The molecule has 15 heavy (non-hydrogen) atoms. The van der Waals surface area contributed by atoms with Crippen molar-refractivity contribution >= 4 is 16.7 Å². The lowest BCUT2D eigenvalue weighted by molar-refractivity contribution is -0.123. The van der Waals surface area contributed by atoms with E-state index < -0.39 is 4.75 Å². The first-order chi connectivity index (χ1) is 6.87. The number of hydrogen-bond acceptors (Lipinski definition) is 3. The average Bonchev–Trinajstić information content (AvgIpc) is 2.16. The molecule has 0 heterocycles. The zero-order valence-corrected chi connectivity index (χ0v) is 10.9. The molecule has 0 bridgehead atoms. The summed E-state index contributed by atoms with van der Waals surface area (Å²) in [5.74, 6) is 1.43. The van der Waals surface area contributed by atoms with Gasteiger partial charge in [0.05, 0.1) is 13.2 Å². The number of Topliss-reactive ketones (excluding diaryl/α,β-unsaturated/α-hetero) is 1. The Balaban J connectivity index is 4.68. The van der Waals surface area contributed by atoms with E-state index in [4.69, 9.17) is 10.2 Å². The normalized spacial score (nSPS) is 12.5. The van der Waals surface area contributed by atoms with E-state index in [1.165, 1.54) is 0 Å². The first kappa shape index (κ1) is 14.9. The Morgan fingerprint density at radius 1 is 1.20 bits per heavy atom. The molecule has 3 nitrogen and oxygen atoms in total. The summed E-state index contributed by atoms with van der Waals surface area (Å²) in [7, 11) is -0.235. The van der Waals surface area contributed by atoms with Gasteiger partial charge in [-0.05, 0) is 13.8 Å². The van der Waals surface area contributed by atoms with E-state index in [2.05, 4.69) is 0 Å². The second-order valence-electron chi connectivity index (χ2n) is 4.38. The first-order valence-corrected chi connectivity index (χ1v) is 6.87. The summed E-state index contributed by atoms with van der Waals surface area (Å²) in [4.78, 5) is 12.0. The van der Waals surface area contributed by atoms with Crippen LogP contribution in [0, 0.1) is 5.92 Å². The van der Waals surface area contributed by atoms with E-state index in [9.17, 15) is 4.79 Å². The highest BCUT2D eigenvalue weighted by atomic mass is 32.2. The third-order valence-corrected chi connectivity index (χ3v) is 5.51. The van der Waals surface area contributed by atoms with Crippen molar-refractivity contribution in [2.75, 3.05) is 24.7 Å². The summed E-state index contributed by atoms with van der Waals surface area (Å²) in [6, 6.07) is 0. The maximum absolute atomic E-state index is 12.0. The standard InChI is InChI=1S/C11H23O3S/c1-9(2)10(14)11(3,4)15(7-5-12)8-6-13/h9,12-13H,5-8H2,1-4H3/q+1. The molecule has 2 N–H and O–H groups in total. The molecule has 0 amide bonds. The van der Waals surface area contributed by atoms with E-state index in [0.29, 0.717) is 11.5 Å². The van der Waals surface area contributed by atoms with Crippen molar-refractivity contribution in [3.8, 4) is 0 Å². The Labute approximate surface area is 95.2 Å². The zero-order chi connectivity index (χ0) is 12.1. The van der Waals surface area contributed by atoms with Gasteiger partial charge in [0.25, 0.3) is 0 Å². The first-order valence-electron chi connectivity index (χ1n) is 5.31. The smallest absolute Gasteiger partial charge is 0.189 e. The van der Waals surface area contributed by atoms with Crippen LogP contribution in [0.2, 0.25) is 0 Å². The van der Waals surface area contributed by atoms with Gasteiger partial charge in [0.15, 0.2) is 10.5 Å². The third kappa shape index (κ3) is 4.13. The highest BCUT2D eigenvalue weighted by Crippen LogP contribution is 2.24. The molecule has 0 saturated heterocycles. The number of hydrogen-bond donors (Lipinski definition) is 2. The fourth-order valence-electron chi connectivity index (χ4n) is 1.67. The topological polar surface area (TPSA) is 57.5 Å². The van der Waals surface area contributed by atoms with E-state index in [1.54, 1.807) is 0 Å². The Morgan fingerprint density at radius 2 is 1.60 bits per heavy atom. The zero-order valence-electron chi connectivity index (χ0n) is 10.1. The molecule has 0 spiro atoms. The van der Waals surface area contributed by atoms with Crippen LogP contribution in [0.4, 0.5) is 0 Å². The Morgan fingerprint density at radius 3 is 1.87 bits per heavy atom. The minimum absolute atomic E-state index is 0.00684. The lowest BCUT2D eigenvalue weighted by atomic mass is 9.98. The lowest BCUT2D eigenvalue weighted by Crippen LogP contribution is -2.47. The van der Waals surface area contributed by atoms with Gasteiger partial charge in [0, 0.05) is 16.8 Å². The largest absolute Gasteiger partial charge is 0.391 e. The summed E-state index contributed by atoms with van der Waals surface area (Å²) >= 11 is 0. The molecule has 0 atom stereocenters. The maximum Gasteiger partial charge on any atom is 0.189 e. The molecule has 0 rings (SSSR count). The van der Waals surface area contributed by atoms with Gasteiger partial charge in [-0.1, -0.05) is 13.8 Å². The summed E-state index contributed by atoms with van der Waals surface area (Å²) in [6.45, 7) is 7.79. The Bertz CT molecular complexity index is 196. The highest BCUT2D eigenvalue weighted by molar-refractivity contribution is 7.98. The number of carbonyl (C=O) groups is 1. The quantitative estimate of drug-likeness (QED) is 0.635. The van der Waals surface area contributed by atoms with Crippen LogP contribution in [0.5, 0.6) is 0 Å². The van der Waals surface area contributed by atoms with Gasteiger partial charge in [0.2, 0.25) is 0 Å². The van der Waals surface area contributed by atoms with Crippen molar-refractivity contribution in [1.82, 2.24) is 0 Å². The minimum atomic E-state index is -0.431. The van der Waals surface area contributed by atoms with E-state index in [1.807, 2.05) is 27.7 Å². The van der Waals surface area contributed by atoms with E-state index >= 15 is 0 Å². The second kappa shape index (κ2) is 6.51. The van der Waals surface area contributed by atoms with Crippen LogP contribution >= 0.6 is 0 Å². The molecule has 0 aromatic rings. The van der Waals surface area contributed by atoms with Gasteiger partial charge < -0.3 is 10.2 Å². The molecular formula is C11H23O3S+. The summed E-state index contributed by atoms with van der Waals surface area (Å²) < 4.78 is -0.431. The molecule has 0 unspecified atom stereocenters. The number of carbonyl (C=O) groups excluding carboxylic acids is 1. The molecule has 4 heteroatoms. The van der Waals surface area contributed by atoms with Gasteiger partial charge in [-0.3, -0.25) is 4.79 Å². The van der Waals surface area contributed by atoms with Crippen LogP contribution < -0.4 is 0 Å². The van der Waals surface area contributed by atoms with Gasteiger partial charge in [-0.15, -0.1) is 0 Å². The summed E-state index contributed by atoms with van der Waals surface area (Å²) in [6.07, 6.45) is 0. The molecular weight excluding hydrogens is 212 g/mol. The SMILES string of the molecule is CC(C)C(=O)C(C)(C)[S+](CCO)CCO. The lowest BCUT2D eigenvalue weighted by Gasteiger charge is -2.25. The number of rotatable bonds is 7. The molecule has 0 aromatic heterocycles. The highest BCUT2D eigenvalue weighted by Gasteiger charge is 2.45. The van der Waals surface area contributed by atoms with Crippen LogP contribution in [0.15, 0.2) is 0 Å². The van der Waals surface area contributed by atoms with E-state index in [0.717, 1.165) is 0 Å². The van der Waals surface area contributed by atoms with E-state index in [-0.39, 0.29) is 35.8 Å². The summed E-state index contributed by atoms with van der Waals surface area (Å²) in [5.41, 5.74) is 0. The van der Waals surface area contributed by atoms with Crippen LogP contribution in [-0.4, -0.2) is 45.5 Å². The Kier molecular flexibility index (Phi) is 6.48. The van der Waals surface area contributed by atoms with Gasteiger partial charge in [-0.25, -0.2) is 0 Å². The Hall–Kier alpha value is -0.0600. The molecule has 0 aliphatic heterocycles. The van der Waals surface area contributed by atoms with Crippen molar-refractivity contribution in [3.05, 3.63) is 0 Å². The monoisotopic (exact) mass is 235 g/mol. The fourth-order valence-corrected chi connectivity index (χ4v) is 3.86. The van der Waals surface area contributed by atoms with Crippen LogP contribution in [0.3, 0.4) is 0 Å². The molecule has 0 fully saturated rings. The van der Waals surface area contributed by atoms with Crippen LogP contribution in [0.1, 0.15) is 27.7 Å². The number of ketones is 1. The molecule has 0 aliphatic rings. The minimum Gasteiger partial charge on any atom is -0.391 e. The van der Waals surface area contributed by atoms with Crippen molar-refractivity contribution in [3.63, 3.8) is 0 Å². The predicted octanol–water partition coefficient (Wildman–Crippen LogP) is 0.593. The number of aliphatic hydroxyl groups is 2. The van der Waals surface area contributed by atoms with Gasteiger partial charge in [-0.2, -0.15) is 0 Å². The van der Waals surface area contributed by atoms with Crippen LogP contribution in [0.25, 0.3) is 0 Å². The molecule has 0 aromatic carbocycles. The van der Waals surface area contributed by atoms with Crippen molar-refractivity contribution in [2.45, 2.75) is 32.4 Å². The van der Waals surface area contributed by atoms with Crippen LogP contribution in [-0.2, 0) is 15.7 Å². The van der Waals surface area contributed by atoms with Crippen molar-refractivity contribution < 1.29 is 15.0 Å². The fraction of sp³-hybridized carbons (Fsp3) is 0.909. The predicted molar refractivity (Wildman–Crippen MR) is 65.2 cm³/mol. The third-order valence-electron chi connectivity index (χ3n) is 2.51. The number of aliphatic hydroxyl groups excluding tert-OH is 2. The summed E-state index contributed by atoms with van der Waals surface area (Å²) in [5, 5.41) is 17.9. The molecule has 0 aliphatic carbocycles.